The van der Waals surface area contributed by atoms with E-state index in [1.807, 2.05) is 40.4 Å². The molecule has 5 heteroatoms. The highest BCUT2D eigenvalue weighted by atomic mass is 79.9. The van der Waals surface area contributed by atoms with Crippen LogP contribution in [0.4, 0.5) is 0 Å². The second kappa shape index (κ2) is 3.87. The van der Waals surface area contributed by atoms with Crippen molar-refractivity contribution in [2.45, 2.75) is 0 Å². The van der Waals surface area contributed by atoms with Gasteiger partial charge in [-0.05, 0) is 12.1 Å². The Kier molecular flexibility index (Phi) is 2.50. The van der Waals surface area contributed by atoms with Crippen molar-refractivity contribution in [3.8, 4) is 11.3 Å². The molecule has 3 rings (SSSR count). The van der Waals surface area contributed by atoms with Crippen LogP contribution in [0.5, 0.6) is 0 Å². The van der Waals surface area contributed by atoms with Gasteiger partial charge in [0.2, 0.25) is 0 Å². The van der Waals surface area contributed by atoms with Gasteiger partial charge < -0.3 is 0 Å². The Morgan fingerprint density at radius 2 is 2.25 bits per heavy atom. The van der Waals surface area contributed by atoms with E-state index >= 15 is 0 Å². The quantitative estimate of drug-likeness (QED) is 0.647. The summed E-state index contributed by atoms with van der Waals surface area (Å²) in [7, 11) is 0. The van der Waals surface area contributed by atoms with Gasteiger partial charge in [0.1, 0.15) is 0 Å². The third kappa shape index (κ3) is 1.67. The minimum absolute atomic E-state index is 0.708. The summed E-state index contributed by atoms with van der Waals surface area (Å²) in [5.74, 6) is 0. The lowest BCUT2D eigenvalue weighted by Gasteiger charge is -2.00. The van der Waals surface area contributed by atoms with Gasteiger partial charge in [0.15, 0.2) is 4.96 Å². The SMILES string of the molecule is Clc1cc(Br)ccc1-c1cn2ccsc2n1. The molecule has 0 saturated heterocycles. The van der Waals surface area contributed by atoms with Gasteiger partial charge in [0, 0.05) is 27.8 Å². The molecule has 0 bridgehead atoms. The summed E-state index contributed by atoms with van der Waals surface area (Å²) in [6.07, 6.45) is 3.98. The van der Waals surface area contributed by atoms with Crippen LogP contribution >= 0.6 is 38.9 Å². The summed E-state index contributed by atoms with van der Waals surface area (Å²) in [6.45, 7) is 0. The van der Waals surface area contributed by atoms with Gasteiger partial charge in [-0.2, -0.15) is 0 Å². The molecule has 0 radical (unpaired) electrons. The van der Waals surface area contributed by atoms with E-state index in [1.54, 1.807) is 11.3 Å². The molecule has 0 fully saturated rings. The largest absolute Gasteiger partial charge is 0.297 e. The first-order valence-corrected chi connectivity index (χ1v) is 6.67. The first-order valence-electron chi connectivity index (χ1n) is 4.62. The van der Waals surface area contributed by atoms with E-state index in [1.165, 1.54) is 0 Å². The Hall–Kier alpha value is -0.840. The van der Waals surface area contributed by atoms with Crippen LogP contribution in [0.2, 0.25) is 5.02 Å². The molecule has 0 atom stereocenters. The molecule has 16 heavy (non-hydrogen) atoms. The molecule has 0 aliphatic carbocycles. The highest BCUT2D eigenvalue weighted by Crippen LogP contribution is 2.30. The van der Waals surface area contributed by atoms with Gasteiger partial charge in [-0.1, -0.05) is 33.6 Å². The fourth-order valence-corrected chi connectivity index (χ4v) is 3.02. The average molecular weight is 314 g/mol. The number of hydrogen-bond acceptors (Lipinski definition) is 2. The van der Waals surface area contributed by atoms with Gasteiger partial charge in [-0.25, -0.2) is 4.98 Å². The van der Waals surface area contributed by atoms with Crippen LogP contribution in [0.15, 0.2) is 40.4 Å². The van der Waals surface area contributed by atoms with Crippen molar-refractivity contribution in [1.82, 2.24) is 9.38 Å². The lowest BCUT2D eigenvalue weighted by molar-refractivity contribution is 1.23. The van der Waals surface area contributed by atoms with Crippen molar-refractivity contribution >= 4 is 43.8 Å². The number of hydrogen-bond donors (Lipinski definition) is 0. The monoisotopic (exact) mass is 312 g/mol. The normalized spacial score (nSPS) is 11.1. The molecule has 2 aromatic heterocycles. The number of rotatable bonds is 1. The molecule has 1 aromatic carbocycles. The van der Waals surface area contributed by atoms with Crippen LogP contribution in [0.1, 0.15) is 0 Å². The molecule has 0 saturated carbocycles. The van der Waals surface area contributed by atoms with Gasteiger partial charge >= 0.3 is 0 Å². The van der Waals surface area contributed by atoms with Crippen LogP contribution in [0.25, 0.3) is 16.2 Å². The molecular formula is C11H6BrClN2S. The fraction of sp³-hybridized carbons (Fsp3) is 0. The molecule has 0 amide bonds. The zero-order valence-electron chi connectivity index (χ0n) is 8.02. The molecule has 0 aliphatic heterocycles. The Balaban J connectivity index is 2.19. The number of benzene rings is 1. The number of imidazole rings is 1. The van der Waals surface area contributed by atoms with Crippen molar-refractivity contribution in [1.29, 1.82) is 0 Å². The van der Waals surface area contributed by atoms with E-state index < -0.39 is 0 Å². The van der Waals surface area contributed by atoms with Gasteiger partial charge in [-0.3, -0.25) is 4.40 Å². The van der Waals surface area contributed by atoms with E-state index in [-0.39, 0.29) is 0 Å². The van der Waals surface area contributed by atoms with Crippen LogP contribution < -0.4 is 0 Å². The molecule has 2 heterocycles. The summed E-state index contributed by atoms with van der Waals surface area (Å²) < 4.78 is 2.97. The Morgan fingerprint density at radius 1 is 1.38 bits per heavy atom. The second-order valence-corrected chi connectivity index (χ2v) is 5.54. The van der Waals surface area contributed by atoms with Crippen LogP contribution in [0.3, 0.4) is 0 Å². The topological polar surface area (TPSA) is 17.3 Å². The maximum Gasteiger partial charge on any atom is 0.194 e. The molecule has 0 spiro atoms. The molecule has 0 N–H and O–H groups in total. The summed E-state index contributed by atoms with van der Waals surface area (Å²) in [4.78, 5) is 5.50. The maximum atomic E-state index is 6.18. The van der Waals surface area contributed by atoms with Gasteiger partial charge in [0.05, 0.1) is 10.7 Å². The number of halogens is 2. The first-order chi connectivity index (χ1) is 7.74. The van der Waals surface area contributed by atoms with Gasteiger partial charge in [0.25, 0.3) is 0 Å². The number of thiazole rings is 1. The zero-order chi connectivity index (χ0) is 11.1. The predicted molar refractivity (Wildman–Crippen MR) is 71.2 cm³/mol. The maximum absolute atomic E-state index is 6.18. The van der Waals surface area contributed by atoms with E-state index in [4.69, 9.17) is 11.6 Å². The van der Waals surface area contributed by atoms with E-state index in [9.17, 15) is 0 Å². The Morgan fingerprint density at radius 3 is 3.00 bits per heavy atom. The highest BCUT2D eigenvalue weighted by molar-refractivity contribution is 9.10. The molecule has 80 valence electrons. The fourth-order valence-electron chi connectivity index (χ4n) is 1.55. The lowest BCUT2D eigenvalue weighted by atomic mass is 10.2. The standard InChI is InChI=1S/C11H6BrClN2S/c12-7-1-2-8(9(13)5-7)10-6-15-3-4-16-11(15)14-10/h1-6H. The number of nitrogens with zero attached hydrogens (tertiary/aromatic N) is 2. The van der Waals surface area contributed by atoms with Crippen molar-refractivity contribution in [2.24, 2.45) is 0 Å². The van der Waals surface area contributed by atoms with E-state index in [0.29, 0.717) is 5.02 Å². The predicted octanol–water partition coefficient (Wildman–Crippen LogP) is 4.48. The minimum Gasteiger partial charge on any atom is -0.297 e. The first kappa shape index (κ1) is 10.3. The van der Waals surface area contributed by atoms with Crippen molar-refractivity contribution in [2.75, 3.05) is 0 Å². The molecule has 0 aliphatic rings. The summed E-state index contributed by atoms with van der Waals surface area (Å²) in [6, 6.07) is 5.82. The number of fused-ring (bicyclic) bond motifs is 1. The summed E-state index contributed by atoms with van der Waals surface area (Å²) in [5.41, 5.74) is 1.87. The minimum atomic E-state index is 0.708. The highest BCUT2D eigenvalue weighted by Gasteiger charge is 2.08. The lowest BCUT2D eigenvalue weighted by Crippen LogP contribution is -1.79. The second-order valence-electron chi connectivity index (χ2n) is 3.34. The molecule has 2 nitrogen and oxygen atoms in total. The van der Waals surface area contributed by atoms with Crippen molar-refractivity contribution in [3.63, 3.8) is 0 Å². The molecule has 0 unspecified atom stereocenters. The van der Waals surface area contributed by atoms with Crippen LogP contribution in [-0.2, 0) is 0 Å². The average Bonchev–Trinajstić information content (AvgIpc) is 2.76. The smallest absolute Gasteiger partial charge is 0.194 e. The van der Waals surface area contributed by atoms with Gasteiger partial charge in [-0.15, -0.1) is 11.3 Å². The summed E-state index contributed by atoms with van der Waals surface area (Å²) in [5, 5.41) is 2.72. The van der Waals surface area contributed by atoms with Crippen molar-refractivity contribution < 1.29 is 0 Å². The van der Waals surface area contributed by atoms with Crippen molar-refractivity contribution in [3.05, 3.63) is 45.5 Å². The zero-order valence-corrected chi connectivity index (χ0v) is 11.2. The Bertz CT molecular complexity index is 630. The molecular weight excluding hydrogens is 308 g/mol. The number of aromatic nitrogens is 2. The van der Waals surface area contributed by atoms with E-state index in [0.717, 1.165) is 20.7 Å². The van der Waals surface area contributed by atoms with Crippen LogP contribution in [-0.4, -0.2) is 9.38 Å². The third-order valence-corrected chi connectivity index (χ3v) is 3.88. The third-order valence-electron chi connectivity index (χ3n) is 2.30. The Labute approximate surface area is 110 Å². The summed E-state index contributed by atoms with van der Waals surface area (Å²) >= 11 is 11.2. The molecule has 3 aromatic rings. The van der Waals surface area contributed by atoms with E-state index in [2.05, 4.69) is 20.9 Å². The van der Waals surface area contributed by atoms with Crippen LogP contribution in [0, 0.1) is 0 Å².